The smallest absolute Gasteiger partial charge is 0.150 e. The van der Waals surface area contributed by atoms with Crippen LogP contribution >= 0.6 is 12.2 Å². The second kappa shape index (κ2) is 11.7. The summed E-state index contributed by atoms with van der Waals surface area (Å²) >= 11 is 4.57. The molecule has 0 unspecified atom stereocenters. The van der Waals surface area contributed by atoms with Gasteiger partial charge in [-0.05, 0) is 96.1 Å². The number of unbranched alkanes of at least 4 members (excludes halogenated alkanes) is 3. The Morgan fingerprint density at radius 3 is 2.44 bits per heavy atom. The van der Waals surface area contributed by atoms with Gasteiger partial charge in [-0.25, -0.2) is 4.39 Å². The quantitative estimate of drug-likeness (QED) is 0.147. The maximum Gasteiger partial charge on any atom is 0.150 e. The van der Waals surface area contributed by atoms with Crippen molar-refractivity contribution in [2.24, 2.45) is 4.99 Å². The van der Waals surface area contributed by atoms with Crippen LogP contribution in [0.25, 0.3) is 17.2 Å². The van der Waals surface area contributed by atoms with Crippen LogP contribution in [0.3, 0.4) is 0 Å². The fourth-order valence-corrected chi connectivity index (χ4v) is 4.36. The molecule has 0 amide bonds. The standard InChI is InChI=1S/C31H28FNS/c1-2-3-4-5-6-23-7-9-24(10-8-23)11-12-25-13-14-27-20-28(16-15-26(27)19-25)29-17-18-31(33-22-34)30(32)21-29/h7-10,15-21H,2-6,13-14H2,1H3. The number of aryl methyl sites for hydroxylation is 2. The van der Waals surface area contributed by atoms with Gasteiger partial charge in [-0.2, -0.15) is 4.99 Å². The van der Waals surface area contributed by atoms with Crippen molar-refractivity contribution < 1.29 is 4.39 Å². The Morgan fingerprint density at radius 2 is 1.68 bits per heavy atom. The summed E-state index contributed by atoms with van der Waals surface area (Å²) in [7, 11) is 0. The fraction of sp³-hybridized carbons (Fsp3) is 0.258. The van der Waals surface area contributed by atoms with Crippen molar-refractivity contribution in [3.05, 3.63) is 94.3 Å². The van der Waals surface area contributed by atoms with Gasteiger partial charge in [-0.3, -0.25) is 0 Å². The molecule has 0 spiro atoms. The van der Waals surface area contributed by atoms with Crippen molar-refractivity contribution in [1.82, 2.24) is 0 Å². The topological polar surface area (TPSA) is 12.4 Å². The minimum Gasteiger partial charge on any atom is -0.205 e. The summed E-state index contributed by atoms with van der Waals surface area (Å²) in [6.07, 6.45) is 10.3. The largest absolute Gasteiger partial charge is 0.205 e. The zero-order valence-electron chi connectivity index (χ0n) is 19.5. The SMILES string of the molecule is CCCCCCc1ccc(C#CC2=Cc3ccc(-c4ccc(N=C=S)c(F)c4)cc3CC2)cc1. The Morgan fingerprint density at radius 1 is 0.882 bits per heavy atom. The van der Waals surface area contributed by atoms with Gasteiger partial charge in [0.05, 0.1) is 5.16 Å². The van der Waals surface area contributed by atoms with E-state index in [4.69, 9.17) is 0 Å². The van der Waals surface area contributed by atoms with Crippen molar-refractivity contribution in [2.45, 2.75) is 51.9 Å². The zero-order chi connectivity index (χ0) is 23.8. The second-order valence-corrected chi connectivity index (χ2v) is 8.89. The molecule has 0 fully saturated rings. The predicted octanol–water partition coefficient (Wildman–Crippen LogP) is 8.73. The van der Waals surface area contributed by atoms with E-state index in [0.29, 0.717) is 0 Å². The highest BCUT2D eigenvalue weighted by atomic mass is 32.1. The van der Waals surface area contributed by atoms with Crippen LogP contribution in [0.4, 0.5) is 10.1 Å². The number of hydrogen-bond acceptors (Lipinski definition) is 2. The number of hydrogen-bond donors (Lipinski definition) is 0. The van der Waals surface area contributed by atoms with E-state index < -0.39 is 5.82 Å². The van der Waals surface area contributed by atoms with Crippen LogP contribution in [0, 0.1) is 17.7 Å². The van der Waals surface area contributed by atoms with Gasteiger partial charge in [-0.15, -0.1) is 0 Å². The average molecular weight is 466 g/mol. The molecule has 0 bridgehead atoms. The number of halogens is 1. The molecule has 3 aromatic rings. The molecule has 0 atom stereocenters. The monoisotopic (exact) mass is 465 g/mol. The molecule has 34 heavy (non-hydrogen) atoms. The van der Waals surface area contributed by atoms with Gasteiger partial charge in [0.2, 0.25) is 0 Å². The average Bonchev–Trinajstić information content (AvgIpc) is 2.87. The van der Waals surface area contributed by atoms with E-state index >= 15 is 0 Å². The molecular formula is C31H28FNS. The molecule has 4 rings (SSSR count). The summed E-state index contributed by atoms with van der Waals surface area (Å²) in [6, 6.07) is 20.0. The summed E-state index contributed by atoms with van der Waals surface area (Å²) in [4.78, 5) is 3.75. The third kappa shape index (κ3) is 6.17. The fourth-order valence-electron chi connectivity index (χ4n) is 4.26. The van der Waals surface area contributed by atoms with Crippen LogP contribution in [0.5, 0.6) is 0 Å². The van der Waals surface area contributed by atoms with E-state index in [1.807, 2.05) is 12.1 Å². The van der Waals surface area contributed by atoms with Gasteiger partial charge in [0.1, 0.15) is 11.5 Å². The molecule has 170 valence electrons. The number of isothiocyanates is 1. The first-order valence-corrected chi connectivity index (χ1v) is 12.4. The number of thiocarbonyl (C=S) groups is 1. The highest BCUT2D eigenvalue weighted by Crippen LogP contribution is 2.31. The van der Waals surface area contributed by atoms with Crippen molar-refractivity contribution in [3.8, 4) is 23.0 Å². The summed E-state index contributed by atoms with van der Waals surface area (Å²) in [5, 5.41) is 2.21. The van der Waals surface area contributed by atoms with Crippen LogP contribution in [0.1, 0.15) is 61.3 Å². The van der Waals surface area contributed by atoms with Gasteiger partial charge >= 0.3 is 0 Å². The van der Waals surface area contributed by atoms with E-state index in [-0.39, 0.29) is 5.69 Å². The first-order valence-electron chi connectivity index (χ1n) is 12.0. The molecule has 0 aromatic heterocycles. The Bertz CT molecular complexity index is 1300. The lowest BCUT2D eigenvalue weighted by molar-refractivity contribution is 0.630. The number of aliphatic imine (C=N–C) groups is 1. The minimum absolute atomic E-state index is 0.212. The molecule has 0 heterocycles. The van der Waals surface area contributed by atoms with E-state index in [0.717, 1.165) is 41.5 Å². The van der Waals surface area contributed by atoms with E-state index in [9.17, 15) is 4.39 Å². The van der Waals surface area contributed by atoms with E-state index in [2.05, 4.69) is 83.6 Å². The van der Waals surface area contributed by atoms with E-state index in [1.165, 1.54) is 48.4 Å². The summed E-state index contributed by atoms with van der Waals surface area (Å²) in [6.45, 7) is 2.24. The predicted molar refractivity (Wildman–Crippen MR) is 144 cm³/mol. The minimum atomic E-state index is -0.394. The Kier molecular flexibility index (Phi) is 8.21. The first kappa shape index (κ1) is 23.8. The van der Waals surface area contributed by atoms with Crippen molar-refractivity contribution in [2.75, 3.05) is 0 Å². The van der Waals surface area contributed by atoms with Gasteiger partial charge < -0.3 is 0 Å². The molecule has 0 saturated heterocycles. The summed E-state index contributed by atoms with van der Waals surface area (Å²) in [5.41, 5.74) is 8.08. The lowest BCUT2D eigenvalue weighted by Gasteiger charge is -2.15. The van der Waals surface area contributed by atoms with Gasteiger partial charge in [0.15, 0.2) is 0 Å². The molecule has 0 N–H and O–H groups in total. The van der Waals surface area contributed by atoms with Crippen LogP contribution in [-0.2, 0) is 12.8 Å². The third-order valence-electron chi connectivity index (χ3n) is 6.22. The van der Waals surface area contributed by atoms with Crippen molar-refractivity contribution in [1.29, 1.82) is 0 Å². The van der Waals surface area contributed by atoms with Gasteiger partial charge in [0.25, 0.3) is 0 Å². The molecule has 0 aliphatic heterocycles. The lowest BCUT2D eigenvalue weighted by Crippen LogP contribution is -1.99. The van der Waals surface area contributed by atoms with Crippen LogP contribution in [-0.4, -0.2) is 5.16 Å². The third-order valence-corrected chi connectivity index (χ3v) is 6.32. The number of rotatable bonds is 7. The molecule has 0 saturated carbocycles. The molecular weight excluding hydrogens is 437 g/mol. The van der Waals surface area contributed by atoms with Crippen LogP contribution < -0.4 is 0 Å². The lowest BCUT2D eigenvalue weighted by atomic mass is 9.89. The molecule has 1 aliphatic rings. The van der Waals surface area contributed by atoms with Gasteiger partial charge in [-0.1, -0.05) is 74.4 Å². The van der Waals surface area contributed by atoms with Crippen molar-refractivity contribution >= 4 is 29.1 Å². The zero-order valence-corrected chi connectivity index (χ0v) is 20.4. The highest BCUT2D eigenvalue weighted by molar-refractivity contribution is 7.78. The second-order valence-electron chi connectivity index (χ2n) is 8.71. The molecule has 3 aromatic carbocycles. The normalized spacial score (nSPS) is 12.1. The van der Waals surface area contributed by atoms with E-state index in [1.54, 1.807) is 6.07 Å². The number of fused-ring (bicyclic) bond motifs is 1. The molecule has 1 aliphatic carbocycles. The molecule has 0 radical (unpaired) electrons. The maximum atomic E-state index is 14.2. The van der Waals surface area contributed by atoms with Crippen LogP contribution in [0.2, 0.25) is 0 Å². The molecule has 1 nitrogen and oxygen atoms in total. The first-order chi connectivity index (χ1) is 16.7. The number of benzene rings is 3. The number of nitrogens with zero attached hydrogens (tertiary/aromatic N) is 1. The molecule has 3 heteroatoms. The highest BCUT2D eigenvalue weighted by Gasteiger charge is 2.12. The Balaban J connectivity index is 1.44. The Hall–Kier alpha value is -3.31. The van der Waals surface area contributed by atoms with Crippen molar-refractivity contribution in [3.63, 3.8) is 0 Å². The van der Waals surface area contributed by atoms with Crippen LogP contribution in [0.15, 0.2) is 71.2 Å². The Labute approximate surface area is 207 Å². The summed E-state index contributed by atoms with van der Waals surface area (Å²) in [5.74, 6) is 6.30. The number of allylic oxidation sites excluding steroid dienone is 1. The summed E-state index contributed by atoms with van der Waals surface area (Å²) < 4.78 is 14.2. The van der Waals surface area contributed by atoms with Gasteiger partial charge in [0, 0.05) is 11.1 Å². The maximum absolute atomic E-state index is 14.2.